The molecular weight excluding hydrogens is 350 g/mol. The maximum absolute atomic E-state index is 12.0. The summed E-state index contributed by atoms with van der Waals surface area (Å²) in [6.45, 7) is 7.04. The number of carbonyl (C=O) groups excluding carboxylic acids is 2. The van der Waals surface area contributed by atoms with E-state index >= 15 is 0 Å². The second-order valence-electron chi connectivity index (χ2n) is 6.87. The van der Waals surface area contributed by atoms with Crippen LogP contribution in [0.25, 0.3) is 11.0 Å². The lowest BCUT2D eigenvalue weighted by atomic mass is 10.0. The molecule has 0 aliphatic carbocycles. The molecule has 146 valence electrons. The SMILES string of the molecule is CCc1cc(=O)oc2c(C)c(OCC(=O)N[C@@H](CC(C)C)C(=O)[O-])ccc12. The molecule has 0 unspecified atom stereocenters. The molecule has 1 amide bonds. The number of hydrogen-bond donors (Lipinski definition) is 1. The van der Waals surface area contributed by atoms with Gasteiger partial charge in [0.25, 0.3) is 5.91 Å². The highest BCUT2D eigenvalue weighted by Crippen LogP contribution is 2.28. The van der Waals surface area contributed by atoms with Crippen LogP contribution in [0.2, 0.25) is 0 Å². The van der Waals surface area contributed by atoms with Crippen molar-refractivity contribution in [2.75, 3.05) is 6.61 Å². The molecule has 1 heterocycles. The Kier molecular flexibility index (Phi) is 6.60. The van der Waals surface area contributed by atoms with Crippen LogP contribution in [0.15, 0.2) is 27.4 Å². The molecule has 1 atom stereocenters. The molecule has 0 radical (unpaired) electrons. The summed E-state index contributed by atoms with van der Waals surface area (Å²) in [6.07, 6.45) is 0.957. The molecule has 2 rings (SSSR count). The summed E-state index contributed by atoms with van der Waals surface area (Å²) in [7, 11) is 0. The number of carbonyl (C=O) groups is 2. The minimum atomic E-state index is -1.33. The standard InChI is InChI=1S/C20H25NO6/c1-5-13-9-18(23)27-19-12(4)16(7-6-14(13)19)26-10-17(22)21-15(20(24)25)8-11(2)3/h6-7,9,11,15H,5,8,10H2,1-4H3,(H,21,22)(H,24,25)/p-1/t15-/m0/s1. The molecule has 2 aromatic rings. The van der Waals surface area contributed by atoms with E-state index in [4.69, 9.17) is 9.15 Å². The van der Waals surface area contributed by atoms with E-state index in [2.05, 4.69) is 5.32 Å². The van der Waals surface area contributed by atoms with Gasteiger partial charge < -0.3 is 24.4 Å². The lowest BCUT2D eigenvalue weighted by Gasteiger charge is -2.21. The Morgan fingerprint density at radius 2 is 2.00 bits per heavy atom. The molecule has 7 nitrogen and oxygen atoms in total. The van der Waals surface area contributed by atoms with Crippen LogP contribution >= 0.6 is 0 Å². The normalized spacial score (nSPS) is 12.2. The van der Waals surface area contributed by atoms with Crippen LogP contribution in [-0.2, 0) is 16.0 Å². The van der Waals surface area contributed by atoms with Gasteiger partial charge in [-0.2, -0.15) is 0 Å². The number of rotatable bonds is 8. The van der Waals surface area contributed by atoms with Gasteiger partial charge >= 0.3 is 5.63 Å². The molecule has 1 N–H and O–H groups in total. The number of carboxylic acid groups (broad SMARTS) is 1. The van der Waals surface area contributed by atoms with E-state index in [1.807, 2.05) is 20.8 Å². The lowest BCUT2D eigenvalue weighted by molar-refractivity contribution is -0.308. The predicted octanol–water partition coefficient (Wildman–Crippen LogP) is 1.32. The third-order valence-corrected chi connectivity index (χ3v) is 4.26. The van der Waals surface area contributed by atoms with Crippen molar-refractivity contribution >= 4 is 22.8 Å². The van der Waals surface area contributed by atoms with Crippen molar-refractivity contribution in [3.8, 4) is 5.75 Å². The Bertz CT molecular complexity index is 899. The van der Waals surface area contributed by atoms with Crippen molar-refractivity contribution in [3.63, 3.8) is 0 Å². The zero-order valence-electron chi connectivity index (χ0n) is 16.0. The fraction of sp³-hybridized carbons (Fsp3) is 0.450. The van der Waals surface area contributed by atoms with Crippen molar-refractivity contribution in [1.82, 2.24) is 5.32 Å². The van der Waals surface area contributed by atoms with Crippen molar-refractivity contribution in [1.29, 1.82) is 0 Å². The van der Waals surface area contributed by atoms with Crippen molar-refractivity contribution < 1.29 is 23.8 Å². The van der Waals surface area contributed by atoms with E-state index in [0.717, 1.165) is 10.9 Å². The molecule has 0 spiro atoms. The second kappa shape index (κ2) is 8.70. The van der Waals surface area contributed by atoms with E-state index in [9.17, 15) is 19.5 Å². The molecule has 0 saturated carbocycles. The van der Waals surface area contributed by atoms with Gasteiger partial charge in [0.15, 0.2) is 6.61 Å². The summed E-state index contributed by atoms with van der Waals surface area (Å²) in [5, 5.41) is 14.4. The Morgan fingerprint density at radius 3 is 2.59 bits per heavy atom. The highest BCUT2D eigenvalue weighted by atomic mass is 16.5. The first-order valence-electron chi connectivity index (χ1n) is 8.92. The largest absolute Gasteiger partial charge is 0.548 e. The van der Waals surface area contributed by atoms with Crippen LogP contribution in [0.5, 0.6) is 5.75 Å². The Morgan fingerprint density at radius 1 is 1.30 bits per heavy atom. The number of nitrogens with one attached hydrogen (secondary N) is 1. The molecular formula is C20H24NO6-. The molecule has 0 aliphatic heterocycles. The van der Waals surface area contributed by atoms with Crippen molar-refractivity contribution in [3.05, 3.63) is 39.7 Å². The Hall–Kier alpha value is -2.83. The van der Waals surface area contributed by atoms with Gasteiger partial charge in [-0.05, 0) is 43.4 Å². The summed E-state index contributed by atoms with van der Waals surface area (Å²) >= 11 is 0. The molecule has 0 fully saturated rings. The van der Waals surface area contributed by atoms with Gasteiger partial charge in [0.05, 0.1) is 12.0 Å². The number of hydrogen-bond acceptors (Lipinski definition) is 6. The third-order valence-electron chi connectivity index (χ3n) is 4.26. The first kappa shape index (κ1) is 20.5. The fourth-order valence-corrected chi connectivity index (χ4v) is 2.92. The lowest BCUT2D eigenvalue weighted by Crippen LogP contribution is -2.49. The minimum absolute atomic E-state index is 0.0903. The van der Waals surface area contributed by atoms with Crippen LogP contribution in [-0.4, -0.2) is 24.5 Å². The minimum Gasteiger partial charge on any atom is -0.548 e. The van der Waals surface area contributed by atoms with E-state index in [1.54, 1.807) is 19.1 Å². The second-order valence-corrected chi connectivity index (χ2v) is 6.87. The number of carboxylic acids is 1. The van der Waals surface area contributed by atoms with Gasteiger partial charge in [-0.3, -0.25) is 4.79 Å². The topological polar surface area (TPSA) is 109 Å². The predicted molar refractivity (Wildman–Crippen MR) is 98.5 cm³/mol. The summed E-state index contributed by atoms with van der Waals surface area (Å²) < 4.78 is 10.8. The molecule has 27 heavy (non-hydrogen) atoms. The first-order chi connectivity index (χ1) is 12.7. The maximum atomic E-state index is 12.0. The molecule has 1 aromatic heterocycles. The maximum Gasteiger partial charge on any atom is 0.336 e. The Balaban J connectivity index is 2.15. The average Bonchev–Trinajstić information content (AvgIpc) is 2.59. The number of benzene rings is 1. The van der Waals surface area contributed by atoms with Gasteiger partial charge in [0, 0.05) is 17.0 Å². The molecule has 7 heteroatoms. The van der Waals surface area contributed by atoms with Crippen LogP contribution in [0, 0.1) is 12.8 Å². The molecule has 1 aromatic carbocycles. The number of fused-ring (bicyclic) bond motifs is 1. The van der Waals surface area contributed by atoms with Gasteiger partial charge in [-0.25, -0.2) is 4.79 Å². The number of aryl methyl sites for hydroxylation is 2. The first-order valence-corrected chi connectivity index (χ1v) is 8.92. The monoisotopic (exact) mass is 374 g/mol. The van der Waals surface area contributed by atoms with E-state index in [-0.39, 0.29) is 18.9 Å². The van der Waals surface area contributed by atoms with E-state index in [0.29, 0.717) is 23.3 Å². The summed E-state index contributed by atoms with van der Waals surface area (Å²) in [6, 6.07) is 3.88. The average molecular weight is 374 g/mol. The van der Waals surface area contributed by atoms with E-state index < -0.39 is 23.5 Å². The highest BCUT2D eigenvalue weighted by molar-refractivity contribution is 5.86. The summed E-state index contributed by atoms with van der Waals surface area (Å²) in [5.41, 5.74) is 1.46. The molecule has 0 saturated heterocycles. The molecule has 0 bridgehead atoms. The fourth-order valence-electron chi connectivity index (χ4n) is 2.92. The zero-order valence-corrected chi connectivity index (χ0v) is 16.0. The third kappa shape index (κ3) is 5.09. The smallest absolute Gasteiger partial charge is 0.336 e. The summed E-state index contributed by atoms with van der Waals surface area (Å²) in [4.78, 5) is 34.9. The Labute approximate surface area is 157 Å². The van der Waals surface area contributed by atoms with Crippen molar-refractivity contribution in [2.45, 2.75) is 46.6 Å². The molecule has 0 aliphatic rings. The van der Waals surface area contributed by atoms with Crippen molar-refractivity contribution in [2.24, 2.45) is 5.92 Å². The summed E-state index contributed by atoms with van der Waals surface area (Å²) in [5.74, 6) is -1.41. The van der Waals surface area contributed by atoms with Crippen LogP contribution in [0.1, 0.15) is 38.3 Å². The van der Waals surface area contributed by atoms with Gasteiger partial charge in [0.2, 0.25) is 0 Å². The number of aliphatic carboxylic acids is 1. The van der Waals surface area contributed by atoms with Crippen LogP contribution in [0.3, 0.4) is 0 Å². The number of ether oxygens (including phenoxy) is 1. The van der Waals surface area contributed by atoms with Crippen LogP contribution in [0.4, 0.5) is 0 Å². The van der Waals surface area contributed by atoms with Gasteiger partial charge in [0.1, 0.15) is 11.3 Å². The highest BCUT2D eigenvalue weighted by Gasteiger charge is 2.17. The van der Waals surface area contributed by atoms with E-state index in [1.165, 1.54) is 6.07 Å². The van der Waals surface area contributed by atoms with Crippen LogP contribution < -0.4 is 20.8 Å². The zero-order chi connectivity index (χ0) is 20.1. The number of amides is 1. The van der Waals surface area contributed by atoms with Gasteiger partial charge in [-0.15, -0.1) is 0 Å². The quantitative estimate of drug-likeness (QED) is 0.698. The van der Waals surface area contributed by atoms with Gasteiger partial charge in [-0.1, -0.05) is 20.8 Å².